The van der Waals surface area contributed by atoms with Crippen molar-refractivity contribution >= 4 is 33.8 Å². The summed E-state index contributed by atoms with van der Waals surface area (Å²) in [4.78, 5) is 15.3. The van der Waals surface area contributed by atoms with Crippen LogP contribution in [-0.4, -0.2) is 14.7 Å². The Morgan fingerprint density at radius 3 is 3.17 bits per heavy atom. The second-order valence-electron chi connectivity index (χ2n) is 3.91. The Morgan fingerprint density at radius 2 is 2.44 bits per heavy atom. The highest BCUT2D eigenvalue weighted by Crippen LogP contribution is 2.14. The zero-order valence-electron chi connectivity index (χ0n) is 9.47. The van der Waals surface area contributed by atoms with Gasteiger partial charge in [-0.15, -0.1) is 11.3 Å². The first kappa shape index (κ1) is 11.4. The van der Waals surface area contributed by atoms with Gasteiger partial charge in [0.25, 0.3) is 5.56 Å². The summed E-state index contributed by atoms with van der Waals surface area (Å²) < 4.78 is 7.54. The van der Waals surface area contributed by atoms with E-state index in [4.69, 9.17) is 16.7 Å². The zero-order valence-corrected chi connectivity index (χ0v) is 11.1. The predicted octanol–water partition coefficient (Wildman–Crippen LogP) is 2.47. The number of aromatic nitrogens is 3. The van der Waals surface area contributed by atoms with Crippen LogP contribution in [0, 0.1) is 11.7 Å². The van der Waals surface area contributed by atoms with Gasteiger partial charge in [-0.05, 0) is 30.6 Å². The number of aromatic amines is 1. The molecule has 0 aliphatic heterocycles. The summed E-state index contributed by atoms with van der Waals surface area (Å²) >= 11 is 6.59. The predicted molar refractivity (Wildman–Crippen MR) is 71.6 cm³/mol. The van der Waals surface area contributed by atoms with E-state index in [9.17, 15) is 4.79 Å². The number of fused-ring (bicyclic) bond motifs is 1. The molecular formula is C11H9N3O2S2. The normalized spacial score (nSPS) is 11.2. The summed E-state index contributed by atoms with van der Waals surface area (Å²) in [6.45, 7) is 2.13. The first-order chi connectivity index (χ1) is 8.65. The number of nitrogens with one attached hydrogen (secondary N) is 1. The van der Waals surface area contributed by atoms with E-state index in [2.05, 4.69) is 10.1 Å². The molecule has 0 bridgehead atoms. The van der Waals surface area contributed by atoms with Crippen molar-refractivity contribution in [1.82, 2.24) is 14.7 Å². The van der Waals surface area contributed by atoms with Gasteiger partial charge in [-0.3, -0.25) is 9.36 Å². The molecule has 3 heterocycles. The summed E-state index contributed by atoms with van der Waals surface area (Å²) in [6, 6.07) is 3.64. The van der Waals surface area contributed by atoms with E-state index in [-0.39, 0.29) is 5.56 Å². The Hall–Kier alpha value is -1.73. The van der Waals surface area contributed by atoms with Crippen molar-refractivity contribution in [2.75, 3.05) is 0 Å². The van der Waals surface area contributed by atoms with Crippen LogP contribution in [0.3, 0.4) is 0 Å². The number of nitrogens with zero attached hydrogens (tertiary/aromatic N) is 2. The quantitative estimate of drug-likeness (QED) is 0.732. The highest BCUT2D eigenvalue weighted by molar-refractivity contribution is 7.71. The first-order valence-corrected chi connectivity index (χ1v) is 6.56. The molecule has 0 aliphatic carbocycles. The number of aryl methyl sites for hydroxylation is 1. The molecule has 0 fully saturated rings. The molecule has 0 amide bonds. The van der Waals surface area contributed by atoms with Crippen LogP contribution in [-0.2, 0) is 6.54 Å². The van der Waals surface area contributed by atoms with E-state index < -0.39 is 0 Å². The minimum atomic E-state index is -0.0931. The highest BCUT2D eigenvalue weighted by Gasteiger charge is 2.09. The summed E-state index contributed by atoms with van der Waals surface area (Å²) in [7, 11) is 0. The zero-order chi connectivity index (χ0) is 12.7. The molecule has 0 radical (unpaired) electrons. The Labute approximate surface area is 111 Å². The second-order valence-corrected chi connectivity index (χ2v) is 5.22. The molecule has 3 aromatic heterocycles. The van der Waals surface area contributed by atoms with Gasteiger partial charge in [-0.1, -0.05) is 5.16 Å². The summed E-state index contributed by atoms with van der Waals surface area (Å²) in [5.41, 5.74) is 1.37. The minimum Gasteiger partial charge on any atom is -0.361 e. The van der Waals surface area contributed by atoms with E-state index in [1.165, 1.54) is 15.9 Å². The van der Waals surface area contributed by atoms with Crippen molar-refractivity contribution in [2.45, 2.75) is 13.5 Å². The average molecular weight is 279 g/mol. The fraction of sp³-hybridized carbons (Fsp3) is 0.182. The van der Waals surface area contributed by atoms with Crippen molar-refractivity contribution in [2.24, 2.45) is 0 Å². The van der Waals surface area contributed by atoms with Gasteiger partial charge in [-0.2, -0.15) is 0 Å². The van der Waals surface area contributed by atoms with E-state index in [1.54, 1.807) is 6.07 Å². The molecule has 0 saturated carbocycles. The smallest absolute Gasteiger partial charge is 0.272 e. The van der Waals surface area contributed by atoms with Gasteiger partial charge in [0.1, 0.15) is 16.2 Å². The van der Waals surface area contributed by atoms with Gasteiger partial charge < -0.3 is 9.51 Å². The van der Waals surface area contributed by atoms with Gasteiger partial charge in [0.15, 0.2) is 4.77 Å². The van der Waals surface area contributed by atoms with Crippen molar-refractivity contribution in [1.29, 1.82) is 0 Å². The highest BCUT2D eigenvalue weighted by atomic mass is 32.1. The van der Waals surface area contributed by atoms with Crippen LogP contribution < -0.4 is 5.56 Å². The third kappa shape index (κ3) is 1.81. The Balaban J connectivity index is 2.17. The van der Waals surface area contributed by atoms with Crippen molar-refractivity contribution in [3.63, 3.8) is 0 Å². The van der Waals surface area contributed by atoms with E-state index >= 15 is 0 Å². The molecule has 3 rings (SSSR count). The topological polar surface area (TPSA) is 63.8 Å². The third-order valence-corrected chi connectivity index (χ3v) is 3.81. The van der Waals surface area contributed by atoms with E-state index in [0.29, 0.717) is 27.5 Å². The fourth-order valence-corrected chi connectivity index (χ4v) is 2.82. The largest absolute Gasteiger partial charge is 0.361 e. The molecule has 0 atom stereocenters. The van der Waals surface area contributed by atoms with Crippen LogP contribution in [0.1, 0.15) is 11.5 Å². The second kappa shape index (κ2) is 4.18. The first-order valence-electron chi connectivity index (χ1n) is 5.27. The molecule has 0 aliphatic rings. The maximum atomic E-state index is 12.2. The van der Waals surface area contributed by atoms with Gasteiger partial charge in [0, 0.05) is 6.07 Å². The maximum Gasteiger partial charge on any atom is 0.272 e. The summed E-state index contributed by atoms with van der Waals surface area (Å²) in [5, 5.41) is 5.73. The van der Waals surface area contributed by atoms with Crippen LogP contribution in [0.4, 0.5) is 0 Å². The van der Waals surface area contributed by atoms with Gasteiger partial charge in [0.2, 0.25) is 0 Å². The van der Waals surface area contributed by atoms with Crippen LogP contribution in [0.2, 0.25) is 0 Å². The molecule has 92 valence electrons. The number of hydrogen-bond acceptors (Lipinski definition) is 5. The Kier molecular flexibility index (Phi) is 2.64. The molecule has 0 unspecified atom stereocenters. The fourth-order valence-electron chi connectivity index (χ4n) is 1.77. The number of thiophene rings is 1. The molecule has 0 saturated heterocycles. The van der Waals surface area contributed by atoms with Crippen molar-refractivity contribution in [3.8, 4) is 0 Å². The molecule has 0 aromatic carbocycles. The summed E-state index contributed by atoms with van der Waals surface area (Å²) in [5.74, 6) is 0.713. The standard InChI is InChI=1S/C11H9N3O2S2/c1-6-4-7(13-16-6)5-14-10(15)9-8(2-3-18-9)12-11(14)17/h2-4H,5H2,1H3,(H,12,17). The molecule has 0 spiro atoms. The SMILES string of the molecule is Cc1cc(Cn2c(=S)[nH]c3ccsc3c2=O)no1. The molecule has 3 aromatic rings. The third-order valence-electron chi connectivity index (χ3n) is 2.59. The van der Waals surface area contributed by atoms with Crippen molar-refractivity contribution in [3.05, 3.63) is 44.1 Å². The summed E-state index contributed by atoms with van der Waals surface area (Å²) in [6.07, 6.45) is 0. The maximum absolute atomic E-state index is 12.2. The molecule has 1 N–H and O–H groups in total. The number of H-pyrrole nitrogens is 1. The average Bonchev–Trinajstić information content (AvgIpc) is 2.93. The number of rotatable bonds is 2. The lowest BCUT2D eigenvalue weighted by atomic mass is 10.3. The molecular weight excluding hydrogens is 270 g/mol. The molecule has 5 nitrogen and oxygen atoms in total. The van der Waals surface area contributed by atoms with E-state index in [0.717, 1.165) is 5.52 Å². The lowest BCUT2D eigenvalue weighted by Gasteiger charge is -2.03. The Bertz CT molecular complexity index is 825. The van der Waals surface area contributed by atoms with Gasteiger partial charge >= 0.3 is 0 Å². The monoisotopic (exact) mass is 279 g/mol. The molecule has 18 heavy (non-hydrogen) atoms. The van der Waals surface area contributed by atoms with Crippen LogP contribution in [0.5, 0.6) is 0 Å². The van der Waals surface area contributed by atoms with Crippen LogP contribution >= 0.6 is 23.6 Å². The number of hydrogen-bond donors (Lipinski definition) is 1. The molecule has 7 heteroatoms. The van der Waals surface area contributed by atoms with Gasteiger partial charge in [-0.25, -0.2) is 0 Å². The van der Waals surface area contributed by atoms with E-state index in [1.807, 2.05) is 18.4 Å². The Morgan fingerprint density at radius 1 is 1.61 bits per heavy atom. The lowest BCUT2D eigenvalue weighted by molar-refractivity contribution is 0.388. The van der Waals surface area contributed by atoms with Crippen molar-refractivity contribution < 1.29 is 4.52 Å². The van der Waals surface area contributed by atoms with Crippen LogP contribution in [0.15, 0.2) is 26.8 Å². The van der Waals surface area contributed by atoms with Crippen LogP contribution in [0.25, 0.3) is 10.2 Å². The lowest BCUT2D eigenvalue weighted by Crippen LogP contribution is -2.22. The minimum absolute atomic E-state index is 0.0931. The van der Waals surface area contributed by atoms with Gasteiger partial charge in [0.05, 0.1) is 12.1 Å².